The summed E-state index contributed by atoms with van der Waals surface area (Å²) in [6.07, 6.45) is 16.9. The van der Waals surface area contributed by atoms with Crippen molar-refractivity contribution < 1.29 is 19.4 Å². The first kappa shape index (κ1) is 29.0. The van der Waals surface area contributed by atoms with Crippen LogP contribution in [-0.2, 0) is 14.3 Å². The highest BCUT2D eigenvalue weighted by molar-refractivity contribution is 5.84. The van der Waals surface area contributed by atoms with Gasteiger partial charge in [-0.25, -0.2) is 0 Å². The highest BCUT2D eigenvalue weighted by atomic mass is 16.5. The lowest BCUT2D eigenvalue weighted by molar-refractivity contribution is -0.174. The van der Waals surface area contributed by atoms with Crippen LogP contribution in [0.5, 0.6) is 0 Å². The molecule has 1 N–H and O–H groups in total. The minimum atomic E-state index is -0.878. The molecule has 1 saturated carbocycles. The van der Waals surface area contributed by atoms with E-state index in [1.54, 1.807) is 0 Å². The molecule has 0 spiro atoms. The Labute approximate surface area is 198 Å². The smallest absolute Gasteiger partial charge is 0.312 e. The first-order valence-electron chi connectivity index (χ1n) is 13.6. The minimum absolute atomic E-state index is 0.0640. The highest BCUT2D eigenvalue weighted by Gasteiger charge is 2.48. The van der Waals surface area contributed by atoms with Crippen LogP contribution < -0.4 is 0 Å². The van der Waals surface area contributed by atoms with Crippen molar-refractivity contribution in [1.29, 1.82) is 0 Å². The summed E-state index contributed by atoms with van der Waals surface area (Å²) in [7, 11) is 0. The number of hydrogen-bond donors (Lipinski definition) is 1. The first-order valence-corrected chi connectivity index (χ1v) is 13.6. The van der Waals surface area contributed by atoms with Crippen LogP contribution in [0.4, 0.5) is 0 Å². The number of hydrogen-bond acceptors (Lipinski definition) is 3. The summed E-state index contributed by atoms with van der Waals surface area (Å²) in [5.74, 6) is -0.211. The molecule has 0 heterocycles. The minimum Gasteiger partial charge on any atom is -0.481 e. The van der Waals surface area contributed by atoms with Crippen molar-refractivity contribution in [3.63, 3.8) is 0 Å². The maximum Gasteiger partial charge on any atom is 0.312 e. The van der Waals surface area contributed by atoms with Crippen molar-refractivity contribution in [2.24, 2.45) is 23.2 Å². The molecule has 0 bridgehead atoms. The van der Waals surface area contributed by atoms with Gasteiger partial charge in [-0.3, -0.25) is 9.59 Å². The summed E-state index contributed by atoms with van der Waals surface area (Å²) in [4.78, 5) is 25.0. The molecule has 0 saturated heterocycles. The Morgan fingerprint density at radius 3 is 1.72 bits per heavy atom. The Morgan fingerprint density at radius 1 is 0.812 bits per heavy atom. The summed E-state index contributed by atoms with van der Waals surface area (Å²) in [5, 5.41) is 9.67. The predicted molar refractivity (Wildman–Crippen MR) is 133 cm³/mol. The second-order valence-electron chi connectivity index (χ2n) is 11.4. The van der Waals surface area contributed by atoms with E-state index in [1.807, 2.05) is 6.92 Å². The average molecular weight is 453 g/mol. The van der Waals surface area contributed by atoms with Crippen molar-refractivity contribution in [2.75, 3.05) is 0 Å². The third-order valence-corrected chi connectivity index (χ3v) is 7.36. The molecule has 0 aromatic carbocycles. The maximum absolute atomic E-state index is 13.2. The van der Waals surface area contributed by atoms with E-state index >= 15 is 0 Å². The second kappa shape index (κ2) is 15.7. The van der Waals surface area contributed by atoms with Crippen LogP contribution in [0.15, 0.2) is 0 Å². The molecule has 2 unspecified atom stereocenters. The molecule has 2 atom stereocenters. The molecule has 0 amide bonds. The van der Waals surface area contributed by atoms with Crippen molar-refractivity contribution in [3.8, 4) is 0 Å². The number of ether oxygens (including phenoxy) is 1. The van der Waals surface area contributed by atoms with E-state index in [2.05, 4.69) is 27.7 Å². The van der Waals surface area contributed by atoms with Crippen LogP contribution in [0, 0.1) is 23.2 Å². The zero-order valence-electron chi connectivity index (χ0n) is 21.8. The molecule has 1 fully saturated rings. The molecular formula is C28H52O4. The van der Waals surface area contributed by atoms with Gasteiger partial charge in [-0.2, -0.15) is 0 Å². The van der Waals surface area contributed by atoms with Gasteiger partial charge in [-0.1, -0.05) is 91.9 Å². The van der Waals surface area contributed by atoms with Gasteiger partial charge < -0.3 is 9.84 Å². The molecule has 0 radical (unpaired) electrons. The largest absolute Gasteiger partial charge is 0.481 e. The summed E-state index contributed by atoms with van der Waals surface area (Å²) in [6.45, 7) is 10.9. The van der Waals surface area contributed by atoms with E-state index in [0.29, 0.717) is 12.8 Å². The normalized spacial score (nSPS) is 21.4. The predicted octanol–water partition coefficient (Wildman–Crippen LogP) is 8.17. The van der Waals surface area contributed by atoms with E-state index in [4.69, 9.17) is 4.74 Å². The van der Waals surface area contributed by atoms with Gasteiger partial charge in [-0.15, -0.1) is 0 Å². The van der Waals surface area contributed by atoms with Crippen LogP contribution in [-0.4, -0.2) is 23.1 Å². The number of carboxylic acids is 1. The van der Waals surface area contributed by atoms with Gasteiger partial charge >= 0.3 is 11.9 Å². The molecule has 0 aromatic rings. The fraction of sp³-hybridized carbons (Fsp3) is 0.929. The molecule has 0 aromatic heterocycles. The lowest BCUT2D eigenvalue weighted by Crippen LogP contribution is -2.44. The van der Waals surface area contributed by atoms with Gasteiger partial charge in [0.1, 0.15) is 6.10 Å². The SMILES string of the molecule is CC(C)CCCCCCC(CCCCCCC(C)C)OC(=O)C1(C)CCCCC1C(=O)O. The Kier molecular flexibility index (Phi) is 14.2. The third kappa shape index (κ3) is 11.2. The van der Waals surface area contributed by atoms with Crippen molar-refractivity contribution in [3.05, 3.63) is 0 Å². The number of carbonyl (C=O) groups excluding carboxylic acids is 1. The lowest BCUT2D eigenvalue weighted by atomic mass is 9.67. The third-order valence-electron chi connectivity index (χ3n) is 7.36. The fourth-order valence-corrected chi connectivity index (χ4v) is 5.08. The van der Waals surface area contributed by atoms with E-state index in [9.17, 15) is 14.7 Å². The monoisotopic (exact) mass is 452 g/mol. The standard InChI is InChI=1S/C28H52O4/c1-22(2)16-10-6-8-12-18-24(19-13-9-7-11-17-23(3)4)32-27(31)28(5)21-15-14-20-25(28)26(29)30/h22-25H,6-21H2,1-5H3,(H,29,30). The van der Waals surface area contributed by atoms with E-state index in [0.717, 1.165) is 50.4 Å². The van der Waals surface area contributed by atoms with Gasteiger partial charge in [0.25, 0.3) is 0 Å². The number of aliphatic carboxylic acids is 1. The Morgan fingerprint density at radius 2 is 1.28 bits per heavy atom. The van der Waals surface area contributed by atoms with Crippen LogP contribution in [0.3, 0.4) is 0 Å². The topological polar surface area (TPSA) is 63.6 Å². The molecule has 1 aliphatic rings. The van der Waals surface area contributed by atoms with E-state index in [1.165, 1.54) is 51.4 Å². The van der Waals surface area contributed by atoms with Crippen molar-refractivity contribution in [1.82, 2.24) is 0 Å². The molecule has 4 nitrogen and oxygen atoms in total. The second-order valence-corrected chi connectivity index (χ2v) is 11.4. The van der Waals surface area contributed by atoms with Crippen LogP contribution in [0.25, 0.3) is 0 Å². The van der Waals surface area contributed by atoms with Gasteiger partial charge in [0.15, 0.2) is 0 Å². The molecule has 188 valence electrons. The molecular weight excluding hydrogens is 400 g/mol. The van der Waals surface area contributed by atoms with Crippen LogP contribution in [0.2, 0.25) is 0 Å². The van der Waals surface area contributed by atoms with E-state index in [-0.39, 0.29) is 12.1 Å². The summed E-state index contributed by atoms with van der Waals surface area (Å²) in [5.41, 5.74) is -0.878. The number of unbranched alkanes of at least 4 members (excludes halogenated alkanes) is 6. The van der Waals surface area contributed by atoms with Crippen molar-refractivity contribution in [2.45, 2.75) is 143 Å². The Hall–Kier alpha value is -1.06. The van der Waals surface area contributed by atoms with Crippen LogP contribution >= 0.6 is 0 Å². The van der Waals surface area contributed by atoms with Gasteiger partial charge in [0.05, 0.1) is 11.3 Å². The average Bonchev–Trinajstić information content (AvgIpc) is 2.72. The van der Waals surface area contributed by atoms with Crippen molar-refractivity contribution >= 4 is 11.9 Å². The van der Waals surface area contributed by atoms with Gasteiger partial charge in [0.2, 0.25) is 0 Å². The number of esters is 1. The number of carboxylic acid groups (broad SMARTS) is 1. The highest BCUT2D eigenvalue weighted by Crippen LogP contribution is 2.42. The van der Waals surface area contributed by atoms with Gasteiger partial charge in [0, 0.05) is 0 Å². The Bertz CT molecular complexity index is 508. The number of rotatable bonds is 17. The zero-order chi connectivity index (χ0) is 24.0. The summed E-state index contributed by atoms with van der Waals surface area (Å²) >= 11 is 0. The summed E-state index contributed by atoms with van der Waals surface area (Å²) in [6, 6.07) is 0. The summed E-state index contributed by atoms with van der Waals surface area (Å²) < 4.78 is 6.06. The van der Waals surface area contributed by atoms with E-state index < -0.39 is 17.3 Å². The fourth-order valence-electron chi connectivity index (χ4n) is 5.08. The van der Waals surface area contributed by atoms with Gasteiger partial charge in [-0.05, 0) is 57.3 Å². The molecule has 1 aliphatic carbocycles. The zero-order valence-corrected chi connectivity index (χ0v) is 21.8. The first-order chi connectivity index (χ1) is 15.2. The lowest BCUT2D eigenvalue weighted by Gasteiger charge is -2.37. The number of carbonyl (C=O) groups is 2. The molecule has 1 rings (SSSR count). The molecule has 32 heavy (non-hydrogen) atoms. The maximum atomic E-state index is 13.2. The quantitative estimate of drug-likeness (QED) is 0.178. The molecule has 4 heteroatoms. The van der Waals surface area contributed by atoms with Crippen LogP contribution in [0.1, 0.15) is 137 Å². The molecule has 0 aliphatic heterocycles. The Balaban J connectivity index is 2.57.